The molecule has 144 valence electrons. The molecule has 0 radical (unpaired) electrons. The Morgan fingerprint density at radius 2 is 1.74 bits per heavy atom. The van der Waals surface area contributed by atoms with Crippen molar-refractivity contribution in [2.45, 2.75) is 19.5 Å². The molecule has 0 saturated heterocycles. The minimum Gasteiger partial charge on any atom is -0.484 e. The molecule has 27 heavy (non-hydrogen) atoms. The van der Waals surface area contributed by atoms with E-state index >= 15 is 0 Å². The average Bonchev–Trinajstić information content (AvgIpc) is 2.66. The maximum absolute atomic E-state index is 13.0. The molecule has 0 bridgehead atoms. The van der Waals surface area contributed by atoms with Crippen molar-refractivity contribution in [3.63, 3.8) is 0 Å². The van der Waals surface area contributed by atoms with Gasteiger partial charge in [0.25, 0.3) is 5.91 Å². The summed E-state index contributed by atoms with van der Waals surface area (Å²) in [6, 6.07) is 9.53. The molecule has 8 heteroatoms. The second-order valence-corrected chi connectivity index (χ2v) is 6.57. The predicted molar refractivity (Wildman–Crippen MR) is 102 cm³/mol. The fraction of sp³-hybridized carbons (Fsp3) is 0.263. The summed E-state index contributed by atoms with van der Waals surface area (Å²) < 4.78 is 18.4. The van der Waals surface area contributed by atoms with Crippen molar-refractivity contribution >= 4 is 35.0 Å². The van der Waals surface area contributed by atoms with Crippen molar-refractivity contribution in [2.24, 2.45) is 0 Å². The number of hydrogen-bond donors (Lipinski definition) is 1. The Morgan fingerprint density at radius 3 is 2.30 bits per heavy atom. The topological polar surface area (TPSA) is 58.6 Å². The second-order valence-electron chi connectivity index (χ2n) is 5.75. The van der Waals surface area contributed by atoms with E-state index in [4.69, 9.17) is 27.9 Å². The van der Waals surface area contributed by atoms with Crippen LogP contribution < -0.4 is 10.1 Å². The molecule has 0 aliphatic carbocycles. The number of carbonyl (C=O) groups excluding carboxylic acids is 2. The third-order valence-corrected chi connectivity index (χ3v) is 4.69. The molecule has 0 aromatic heterocycles. The first-order valence-electron chi connectivity index (χ1n) is 8.15. The van der Waals surface area contributed by atoms with Crippen LogP contribution in [0.3, 0.4) is 0 Å². The number of hydrogen-bond acceptors (Lipinski definition) is 3. The van der Waals surface area contributed by atoms with Crippen LogP contribution in [0.1, 0.15) is 12.5 Å². The highest BCUT2D eigenvalue weighted by Crippen LogP contribution is 2.26. The molecule has 1 atom stereocenters. The highest BCUT2D eigenvalue weighted by atomic mass is 35.5. The fourth-order valence-electron chi connectivity index (χ4n) is 2.40. The molecule has 2 aromatic rings. The molecule has 0 spiro atoms. The summed E-state index contributed by atoms with van der Waals surface area (Å²) in [5.74, 6) is -0.843. The average molecular weight is 413 g/mol. The van der Waals surface area contributed by atoms with Crippen LogP contribution in [0.5, 0.6) is 5.75 Å². The van der Waals surface area contributed by atoms with E-state index in [0.29, 0.717) is 21.4 Å². The standard InChI is InChI=1S/C19H19Cl2FN2O3/c1-12(19(26)23-2)24(10-15-16(20)4-3-5-17(15)21)18(25)11-27-14-8-6-13(22)7-9-14/h3-9,12H,10-11H2,1-2H3,(H,23,26)/t12-/m1/s1. The van der Waals surface area contributed by atoms with Gasteiger partial charge in [-0.2, -0.15) is 0 Å². The lowest BCUT2D eigenvalue weighted by molar-refractivity contribution is -0.142. The minimum absolute atomic E-state index is 0.0404. The first-order chi connectivity index (χ1) is 12.8. The summed E-state index contributed by atoms with van der Waals surface area (Å²) in [5, 5.41) is 3.30. The van der Waals surface area contributed by atoms with Gasteiger partial charge in [0.15, 0.2) is 6.61 Å². The van der Waals surface area contributed by atoms with Crippen LogP contribution >= 0.6 is 23.2 Å². The number of amides is 2. The quantitative estimate of drug-likeness (QED) is 0.754. The van der Waals surface area contributed by atoms with Crippen LogP contribution in [0.25, 0.3) is 0 Å². The predicted octanol–water partition coefficient (Wildman–Crippen LogP) is 3.67. The summed E-state index contributed by atoms with van der Waals surface area (Å²) in [4.78, 5) is 26.1. The number of ether oxygens (including phenoxy) is 1. The zero-order valence-corrected chi connectivity index (χ0v) is 16.4. The lowest BCUT2D eigenvalue weighted by atomic mass is 10.1. The number of rotatable bonds is 7. The van der Waals surface area contributed by atoms with Crippen LogP contribution in [0, 0.1) is 5.82 Å². The highest BCUT2D eigenvalue weighted by molar-refractivity contribution is 6.36. The zero-order chi connectivity index (χ0) is 20.0. The third-order valence-electron chi connectivity index (χ3n) is 3.98. The molecule has 2 rings (SSSR count). The first kappa shape index (κ1) is 21.0. The number of nitrogens with zero attached hydrogens (tertiary/aromatic N) is 1. The van der Waals surface area contributed by atoms with E-state index in [1.807, 2.05) is 0 Å². The van der Waals surface area contributed by atoms with E-state index in [2.05, 4.69) is 5.32 Å². The number of halogens is 3. The molecule has 0 heterocycles. The Hall–Kier alpha value is -2.31. The van der Waals surface area contributed by atoms with Gasteiger partial charge in [-0.1, -0.05) is 29.3 Å². The third kappa shape index (κ3) is 5.58. The van der Waals surface area contributed by atoms with E-state index < -0.39 is 17.8 Å². The molecule has 5 nitrogen and oxygen atoms in total. The molecule has 0 aliphatic rings. The normalized spacial score (nSPS) is 11.6. The molecule has 1 N–H and O–H groups in total. The van der Waals surface area contributed by atoms with Crippen molar-refractivity contribution in [2.75, 3.05) is 13.7 Å². The number of benzene rings is 2. The van der Waals surface area contributed by atoms with E-state index in [1.165, 1.54) is 36.2 Å². The molecule has 0 aliphatic heterocycles. The summed E-state index contributed by atoms with van der Waals surface area (Å²) in [6.07, 6.45) is 0. The maximum Gasteiger partial charge on any atom is 0.261 e. The van der Waals surface area contributed by atoms with Gasteiger partial charge in [-0.3, -0.25) is 9.59 Å². The van der Waals surface area contributed by atoms with Gasteiger partial charge in [0.1, 0.15) is 17.6 Å². The van der Waals surface area contributed by atoms with Crippen LogP contribution in [0.4, 0.5) is 4.39 Å². The Morgan fingerprint density at radius 1 is 1.15 bits per heavy atom. The summed E-state index contributed by atoms with van der Waals surface area (Å²) >= 11 is 12.4. The Labute approximate surface area is 167 Å². The van der Waals surface area contributed by atoms with Crippen LogP contribution in [0.2, 0.25) is 10.0 Å². The van der Waals surface area contributed by atoms with Crippen molar-refractivity contribution in [1.82, 2.24) is 10.2 Å². The molecular formula is C19H19Cl2FN2O3. The Bertz CT molecular complexity index is 795. The van der Waals surface area contributed by atoms with Crippen molar-refractivity contribution in [3.8, 4) is 5.75 Å². The first-order valence-corrected chi connectivity index (χ1v) is 8.91. The smallest absolute Gasteiger partial charge is 0.261 e. The van der Waals surface area contributed by atoms with Crippen LogP contribution in [0.15, 0.2) is 42.5 Å². The van der Waals surface area contributed by atoms with Gasteiger partial charge in [-0.15, -0.1) is 0 Å². The number of likely N-dealkylation sites (N-methyl/N-ethyl adjacent to an activating group) is 1. The summed E-state index contributed by atoms with van der Waals surface area (Å²) in [6.45, 7) is 1.31. The molecule has 0 saturated carbocycles. The van der Waals surface area contributed by atoms with Crippen molar-refractivity contribution in [1.29, 1.82) is 0 Å². The van der Waals surface area contributed by atoms with E-state index in [-0.39, 0.29) is 19.1 Å². The molecular weight excluding hydrogens is 394 g/mol. The Balaban J connectivity index is 2.19. The van der Waals surface area contributed by atoms with Crippen molar-refractivity contribution < 1.29 is 18.7 Å². The zero-order valence-electron chi connectivity index (χ0n) is 14.8. The van der Waals surface area contributed by atoms with Crippen LogP contribution in [-0.4, -0.2) is 36.4 Å². The lowest BCUT2D eigenvalue weighted by Gasteiger charge is -2.29. The molecule has 0 fully saturated rings. The van der Waals surface area contributed by atoms with Gasteiger partial charge < -0.3 is 15.0 Å². The SMILES string of the molecule is CNC(=O)[C@@H](C)N(Cc1c(Cl)cccc1Cl)C(=O)COc1ccc(F)cc1. The molecule has 2 amide bonds. The van der Waals surface area contributed by atoms with E-state index in [1.54, 1.807) is 25.1 Å². The fourth-order valence-corrected chi connectivity index (χ4v) is 2.92. The minimum atomic E-state index is -0.772. The summed E-state index contributed by atoms with van der Waals surface area (Å²) in [5.41, 5.74) is 0.534. The van der Waals surface area contributed by atoms with Gasteiger partial charge in [-0.05, 0) is 43.3 Å². The molecule has 2 aromatic carbocycles. The Kier molecular flexibility index (Phi) is 7.45. The van der Waals surface area contributed by atoms with Gasteiger partial charge in [0.05, 0.1) is 0 Å². The van der Waals surface area contributed by atoms with Gasteiger partial charge in [0.2, 0.25) is 5.91 Å². The van der Waals surface area contributed by atoms with E-state index in [9.17, 15) is 14.0 Å². The number of nitrogens with one attached hydrogen (secondary N) is 1. The lowest BCUT2D eigenvalue weighted by Crippen LogP contribution is -2.48. The second kappa shape index (κ2) is 9.58. The largest absolute Gasteiger partial charge is 0.484 e. The molecule has 0 unspecified atom stereocenters. The highest BCUT2D eigenvalue weighted by Gasteiger charge is 2.27. The number of carbonyl (C=O) groups is 2. The van der Waals surface area contributed by atoms with Gasteiger partial charge >= 0.3 is 0 Å². The maximum atomic E-state index is 13.0. The van der Waals surface area contributed by atoms with Crippen molar-refractivity contribution in [3.05, 3.63) is 63.9 Å². The van der Waals surface area contributed by atoms with Gasteiger partial charge in [0, 0.05) is 29.2 Å². The van der Waals surface area contributed by atoms with Crippen LogP contribution in [-0.2, 0) is 16.1 Å². The van der Waals surface area contributed by atoms with E-state index in [0.717, 1.165) is 0 Å². The monoisotopic (exact) mass is 412 g/mol. The summed E-state index contributed by atoms with van der Waals surface area (Å²) in [7, 11) is 1.49. The van der Waals surface area contributed by atoms with Gasteiger partial charge in [-0.25, -0.2) is 4.39 Å².